The number of rotatable bonds is 6. The van der Waals surface area contributed by atoms with Crippen molar-refractivity contribution in [3.63, 3.8) is 0 Å². The zero-order valence-corrected chi connectivity index (χ0v) is 9.99. The largest absolute Gasteiger partial charge is 0.390 e. The van der Waals surface area contributed by atoms with Crippen molar-refractivity contribution in [3.05, 3.63) is 21.9 Å². The van der Waals surface area contributed by atoms with Crippen molar-refractivity contribution < 1.29 is 9.66 Å². The van der Waals surface area contributed by atoms with Crippen molar-refractivity contribution in [2.45, 2.75) is 6.54 Å². The fraction of sp³-hybridized carbons (Fsp3) is 0.625. The minimum atomic E-state index is -0.501. The van der Waals surface area contributed by atoms with Gasteiger partial charge >= 0.3 is 5.82 Å². The highest BCUT2D eigenvalue weighted by molar-refractivity contribution is 5.85. The van der Waals surface area contributed by atoms with Crippen LogP contribution in [0.3, 0.4) is 0 Å². The van der Waals surface area contributed by atoms with Crippen molar-refractivity contribution in [2.75, 3.05) is 20.3 Å². The van der Waals surface area contributed by atoms with Gasteiger partial charge in [-0.1, -0.05) is 0 Å². The van der Waals surface area contributed by atoms with Crippen LogP contribution >= 0.6 is 12.4 Å². The van der Waals surface area contributed by atoms with Gasteiger partial charge in [0, 0.05) is 20.2 Å². The normalized spacial score (nSPS) is 9.88. The van der Waals surface area contributed by atoms with Crippen LogP contribution < -0.4 is 5.32 Å². The minimum Gasteiger partial charge on any atom is -0.383 e. The monoisotopic (exact) mass is 250 g/mol. The molecule has 1 rings (SSSR count). The highest BCUT2D eigenvalue weighted by Gasteiger charge is 2.14. The van der Waals surface area contributed by atoms with Crippen molar-refractivity contribution in [1.29, 1.82) is 0 Å². The van der Waals surface area contributed by atoms with Crippen LogP contribution in [0.25, 0.3) is 0 Å². The van der Waals surface area contributed by atoms with E-state index in [0.717, 1.165) is 5.69 Å². The Labute approximate surface area is 99.3 Å². The van der Waals surface area contributed by atoms with Crippen molar-refractivity contribution in [1.82, 2.24) is 15.1 Å². The second-order valence-electron chi connectivity index (χ2n) is 3.04. The van der Waals surface area contributed by atoms with Gasteiger partial charge < -0.3 is 20.2 Å². The Hall–Kier alpha value is -1.18. The first-order valence-electron chi connectivity index (χ1n) is 4.52. The van der Waals surface area contributed by atoms with Crippen molar-refractivity contribution in [3.8, 4) is 0 Å². The van der Waals surface area contributed by atoms with Gasteiger partial charge in [-0.25, -0.2) is 0 Å². The van der Waals surface area contributed by atoms with E-state index in [4.69, 9.17) is 4.74 Å². The lowest BCUT2D eigenvalue weighted by molar-refractivity contribution is -0.389. The second kappa shape index (κ2) is 7.15. The quantitative estimate of drug-likeness (QED) is 0.451. The number of hydrogen-bond acceptors (Lipinski definition) is 5. The molecule has 0 aliphatic carbocycles. The summed E-state index contributed by atoms with van der Waals surface area (Å²) in [6.45, 7) is 1.86. The third-order valence-corrected chi connectivity index (χ3v) is 1.94. The Kier molecular flexibility index (Phi) is 6.63. The Balaban J connectivity index is 0.00000225. The molecule has 0 aliphatic rings. The molecule has 0 saturated heterocycles. The maximum atomic E-state index is 10.4. The van der Waals surface area contributed by atoms with E-state index in [1.807, 2.05) is 0 Å². The fourth-order valence-corrected chi connectivity index (χ4v) is 1.13. The first-order valence-corrected chi connectivity index (χ1v) is 4.52. The molecule has 0 saturated carbocycles. The first-order chi connectivity index (χ1) is 7.15. The number of nitrogens with zero attached hydrogens (tertiary/aromatic N) is 3. The summed E-state index contributed by atoms with van der Waals surface area (Å²) < 4.78 is 6.36. The lowest BCUT2D eigenvalue weighted by Gasteiger charge is -2.01. The summed E-state index contributed by atoms with van der Waals surface area (Å²) >= 11 is 0. The SMILES string of the molecule is COCCNCc1cc([N+](=O)[O-])nn1C.Cl. The van der Waals surface area contributed by atoms with E-state index in [1.165, 1.54) is 10.7 Å². The average molecular weight is 251 g/mol. The van der Waals surface area contributed by atoms with Crippen LogP contribution in [0.2, 0.25) is 0 Å². The molecule has 1 aromatic rings. The van der Waals surface area contributed by atoms with Crippen molar-refractivity contribution in [2.24, 2.45) is 7.05 Å². The number of aromatic nitrogens is 2. The van der Waals surface area contributed by atoms with Crippen molar-refractivity contribution >= 4 is 18.2 Å². The number of aryl methyl sites for hydroxylation is 1. The van der Waals surface area contributed by atoms with Gasteiger partial charge in [0.15, 0.2) is 0 Å². The van der Waals surface area contributed by atoms with Gasteiger partial charge in [0.2, 0.25) is 0 Å². The smallest absolute Gasteiger partial charge is 0.383 e. The molecule has 8 heteroatoms. The summed E-state index contributed by atoms with van der Waals surface area (Å²) in [4.78, 5) is 9.93. The number of hydrogen-bond donors (Lipinski definition) is 1. The van der Waals surface area contributed by atoms with Gasteiger partial charge in [0.1, 0.15) is 0 Å². The zero-order valence-electron chi connectivity index (χ0n) is 9.17. The number of nitro groups is 1. The van der Waals surface area contributed by atoms with E-state index < -0.39 is 4.92 Å². The molecule has 16 heavy (non-hydrogen) atoms. The van der Waals surface area contributed by atoms with E-state index >= 15 is 0 Å². The van der Waals surface area contributed by atoms with Crippen LogP contribution in [0.15, 0.2) is 6.07 Å². The molecule has 1 aromatic heterocycles. The molecular formula is C8H15ClN4O3. The summed E-state index contributed by atoms with van der Waals surface area (Å²) in [6.07, 6.45) is 0. The van der Waals surface area contributed by atoms with Crippen LogP contribution in [-0.4, -0.2) is 35.0 Å². The summed E-state index contributed by atoms with van der Waals surface area (Å²) in [5.74, 6) is -0.124. The molecule has 0 spiro atoms. The Morgan fingerprint density at radius 3 is 2.88 bits per heavy atom. The minimum absolute atomic E-state index is 0. The summed E-state index contributed by atoms with van der Waals surface area (Å²) in [5.41, 5.74) is 0.776. The second-order valence-corrected chi connectivity index (χ2v) is 3.04. The van der Waals surface area contributed by atoms with E-state index in [1.54, 1.807) is 14.2 Å². The third-order valence-electron chi connectivity index (χ3n) is 1.94. The number of nitrogens with one attached hydrogen (secondary N) is 1. The molecular weight excluding hydrogens is 236 g/mol. The van der Waals surface area contributed by atoms with Crippen LogP contribution in [0.1, 0.15) is 5.69 Å². The highest BCUT2D eigenvalue weighted by Crippen LogP contribution is 2.09. The molecule has 0 aromatic carbocycles. The molecule has 0 amide bonds. The van der Waals surface area contributed by atoms with Gasteiger partial charge in [-0.3, -0.25) is 0 Å². The number of ether oxygens (including phenoxy) is 1. The summed E-state index contributed by atoms with van der Waals surface area (Å²) in [6, 6.07) is 1.46. The standard InChI is InChI=1S/C8H14N4O3.ClH/c1-11-7(6-9-3-4-15-2)5-8(10-11)12(13)14;/h5,9H,3-4,6H2,1-2H3;1H. The number of methoxy groups -OCH3 is 1. The lowest BCUT2D eigenvalue weighted by Crippen LogP contribution is -2.20. The molecule has 7 nitrogen and oxygen atoms in total. The van der Waals surface area contributed by atoms with Gasteiger partial charge in [0.25, 0.3) is 0 Å². The molecule has 0 unspecified atom stereocenters. The maximum Gasteiger partial charge on any atom is 0.390 e. The van der Waals surface area contributed by atoms with Gasteiger partial charge in [-0.2, -0.15) is 4.68 Å². The van der Waals surface area contributed by atoms with E-state index in [0.29, 0.717) is 19.7 Å². The Morgan fingerprint density at radius 1 is 1.69 bits per heavy atom. The van der Waals surface area contributed by atoms with Gasteiger partial charge in [-0.05, 0) is 4.92 Å². The molecule has 0 bridgehead atoms. The molecule has 1 heterocycles. The van der Waals surface area contributed by atoms with Gasteiger partial charge in [-0.15, -0.1) is 12.4 Å². The van der Waals surface area contributed by atoms with Crippen LogP contribution in [-0.2, 0) is 18.3 Å². The molecule has 0 aliphatic heterocycles. The van der Waals surface area contributed by atoms with Gasteiger partial charge in [0.05, 0.1) is 30.5 Å². The average Bonchev–Trinajstić information content (AvgIpc) is 2.55. The molecule has 0 radical (unpaired) electrons. The molecule has 0 fully saturated rings. The van der Waals surface area contributed by atoms with Crippen LogP contribution in [0.5, 0.6) is 0 Å². The summed E-state index contributed by atoms with van der Waals surface area (Å²) in [7, 11) is 3.30. The van der Waals surface area contributed by atoms with Crippen LogP contribution in [0.4, 0.5) is 5.82 Å². The highest BCUT2D eigenvalue weighted by atomic mass is 35.5. The fourth-order valence-electron chi connectivity index (χ4n) is 1.13. The predicted molar refractivity (Wildman–Crippen MR) is 60.7 cm³/mol. The Bertz CT molecular complexity index is 342. The van der Waals surface area contributed by atoms with E-state index in [-0.39, 0.29) is 18.2 Å². The van der Waals surface area contributed by atoms with E-state index in [2.05, 4.69) is 10.4 Å². The van der Waals surface area contributed by atoms with E-state index in [9.17, 15) is 10.1 Å². The predicted octanol–water partition coefficient (Wildman–Crippen LogP) is 0.486. The zero-order chi connectivity index (χ0) is 11.3. The first kappa shape index (κ1) is 14.8. The summed E-state index contributed by atoms with van der Waals surface area (Å²) in [5, 5.41) is 17.3. The maximum absolute atomic E-state index is 10.4. The third kappa shape index (κ3) is 4.13. The number of halogens is 1. The molecule has 0 atom stereocenters. The lowest BCUT2D eigenvalue weighted by atomic mass is 10.4. The molecule has 92 valence electrons. The van der Waals surface area contributed by atoms with Crippen LogP contribution in [0, 0.1) is 10.1 Å². The topological polar surface area (TPSA) is 82.2 Å². The molecule has 1 N–H and O–H groups in total. The Morgan fingerprint density at radius 2 is 2.38 bits per heavy atom.